The van der Waals surface area contributed by atoms with E-state index in [0.717, 1.165) is 44.3 Å². The minimum absolute atomic E-state index is 0.00949. The number of aliphatic hydroxyl groups excluding tert-OH is 18. The molecule has 0 amide bonds. The predicted molar refractivity (Wildman–Crippen MR) is 284 cm³/mol. The Morgan fingerprint density at radius 2 is 0.977 bits per heavy atom. The van der Waals surface area contributed by atoms with Crippen molar-refractivity contribution in [2.45, 2.75) is 257 Å². The minimum atomic E-state index is -2.08. The van der Waals surface area contributed by atoms with Gasteiger partial charge in [0.15, 0.2) is 31.5 Å². The van der Waals surface area contributed by atoms with Crippen LogP contribution >= 0.6 is 0 Å². The SMILES string of the molecule is CC1=C(CC[C@@H](C)CO[C@@H]2O[C@H](CO)[C@@H](O)[C@H](O)[C@H]2O)O[C@H]2C[C@H]3[C@@H]4CC[C@H]5C[C@@H](O[C@@H]6O[C@H](CO)[C@H](O[C@@H]7O[C@H](CO)[C@@H](O)[C@H](O[C@@H]8O[C@H](CO)[C@@H](O)[C@H](O)[C@H]8O)[C@H]7O[C@@H]7O[C@H](CO)[C@@H](O)[C@H](O)[C@H]7O)[C@H](O)[C@H]6O)[C@H](O)C[C@]5(C)[C@H]4CC[C@]3(C)[C@@H]12. The van der Waals surface area contributed by atoms with Crippen molar-refractivity contribution in [2.24, 2.45) is 46.3 Å². The van der Waals surface area contributed by atoms with E-state index in [4.69, 9.17) is 52.1 Å². The lowest BCUT2D eigenvalue weighted by Crippen LogP contribution is -2.69. The molecular formula is C57H94O29. The summed E-state index contributed by atoms with van der Waals surface area (Å²) in [6, 6.07) is 0. The first-order valence-corrected chi connectivity index (χ1v) is 30.6. The van der Waals surface area contributed by atoms with Gasteiger partial charge in [-0.15, -0.1) is 0 Å². The topological polar surface area (TPSA) is 466 Å². The van der Waals surface area contributed by atoms with Gasteiger partial charge in [0.25, 0.3) is 0 Å². The van der Waals surface area contributed by atoms with E-state index in [9.17, 15) is 91.9 Å². The minimum Gasteiger partial charge on any atom is -0.494 e. The van der Waals surface area contributed by atoms with Crippen LogP contribution in [0.15, 0.2) is 11.3 Å². The maximum Gasteiger partial charge on any atom is 0.187 e. The number of ether oxygens (including phenoxy) is 11. The summed E-state index contributed by atoms with van der Waals surface area (Å²) in [4.78, 5) is 0. The third-order valence-electron chi connectivity index (χ3n) is 21.6. The van der Waals surface area contributed by atoms with Gasteiger partial charge in [0.05, 0.1) is 57.6 Å². The van der Waals surface area contributed by atoms with E-state index in [1.54, 1.807) is 0 Å². The van der Waals surface area contributed by atoms with Crippen molar-refractivity contribution in [1.29, 1.82) is 0 Å². The Balaban J connectivity index is 0.780. The van der Waals surface area contributed by atoms with Crippen molar-refractivity contribution >= 4 is 0 Å². The lowest BCUT2D eigenvalue weighted by atomic mass is 9.44. The summed E-state index contributed by atoms with van der Waals surface area (Å²) in [6.45, 7) is 4.92. The molecule has 9 fully saturated rings. The summed E-state index contributed by atoms with van der Waals surface area (Å²) < 4.78 is 65.9. The van der Waals surface area contributed by atoms with Gasteiger partial charge in [-0.3, -0.25) is 0 Å². The number of aliphatic hydroxyl groups is 18. The molecule has 4 saturated carbocycles. The molecule has 86 heavy (non-hydrogen) atoms. The van der Waals surface area contributed by atoms with Gasteiger partial charge >= 0.3 is 0 Å². The van der Waals surface area contributed by atoms with Crippen LogP contribution in [0.5, 0.6) is 0 Å². The predicted octanol–water partition coefficient (Wildman–Crippen LogP) is -6.21. The molecule has 0 bridgehead atoms. The van der Waals surface area contributed by atoms with Crippen LogP contribution in [0.4, 0.5) is 0 Å². The summed E-state index contributed by atoms with van der Waals surface area (Å²) in [7, 11) is 0. The van der Waals surface area contributed by atoms with Gasteiger partial charge in [-0.2, -0.15) is 0 Å². The van der Waals surface area contributed by atoms with Gasteiger partial charge in [0, 0.05) is 12.3 Å². The molecule has 0 unspecified atom stereocenters. The van der Waals surface area contributed by atoms with Crippen LogP contribution in [0.1, 0.15) is 85.5 Å². The Hall–Kier alpha value is -1.58. The molecule has 29 heteroatoms. The first kappa shape index (κ1) is 67.3. The molecule has 6 aliphatic heterocycles. The first-order valence-electron chi connectivity index (χ1n) is 30.6. The zero-order valence-corrected chi connectivity index (χ0v) is 48.8. The van der Waals surface area contributed by atoms with E-state index in [1.807, 2.05) is 6.92 Å². The van der Waals surface area contributed by atoms with Gasteiger partial charge in [0.1, 0.15) is 128 Å². The molecule has 0 aromatic heterocycles. The monoisotopic (exact) mass is 1240 g/mol. The highest BCUT2D eigenvalue weighted by molar-refractivity contribution is 5.27. The lowest BCUT2D eigenvalue weighted by Gasteiger charge is -2.61. The average molecular weight is 1240 g/mol. The molecule has 6 heterocycles. The molecule has 0 radical (unpaired) electrons. The molecule has 5 saturated heterocycles. The fraction of sp³-hybridized carbons (Fsp3) is 0.965. The van der Waals surface area contributed by atoms with Crippen LogP contribution in [0.3, 0.4) is 0 Å². The third kappa shape index (κ3) is 12.3. The molecule has 29 nitrogen and oxygen atoms in total. The molecular weight excluding hydrogens is 1150 g/mol. The van der Waals surface area contributed by atoms with Gasteiger partial charge in [-0.25, -0.2) is 0 Å². The Labute approximate surface area is 497 Å². The molecule has 4 aliphatic carbocycles. The largest absolute Gasteiger partial charge is 0.494 e. The van der Waals surface area contributed by atoms with Crippen molar-refractivity contribution in [3.63, 3.8) is 0 Å². The first-order chi connectivity index (χ1) is 40.8. The van der Waals surface area contributed by atoms with E-state index < -0.39 is 199 Å². The van der Waals surface area contributed by atoms with Crippen molar-refractivity contribution in [3.8, 4) is 0 Å². The molecule has 10 rings (SSSR count). The summed E-state index contributed by atoms with van der Waals surface area (Å²) in [6.07, 6.45) is -38.9. The Morgan fingerprint density at radius 3 is 1.56 bits per heavy atom. The standard InChI is InChI=1S/C57H94O29/c1-20(19-76-51-44(72)40(68)36(64)30(14-58)79-51)5-8-27-21(2)35-29(77-27)12-25-23-7-6-22-11-28(26(63)13-57(22,4)24(23)9-10-56(25,35)3)78-52-47(75)43(71)48(34(18-62)83-52)84-55-50(86-54-46(74)42(70)38(66)32(16-60)81-54)49(39(67)33(17-61)82-55)85-53-45(73)41(69)37(65)31(15-59)80-53/h20,22-26,28-55,58-75H,5-19H2,1-4H3/t20-,22+,23-,24+,25+,26-,28-,29+,30-,31-,32-,33-,34-,35+,36-,37-,38-,39-,40+,41+,42+,43-,44-,45-,46-,47-,48+,49+,50-,51-,52-,53+,54+,55+,56+,57+/m1/s1. The Morgan fingerprint density at radius 1 is 0.488 bits per heavy atom. The molecule has 36 atom stereocenters. The van der Waals surface area contributed by atoms with E-state index in [0.29, 0.717) is 37.0 Å². The number of hydrogen-bond donors (Lipinski definition) is 18. The summed E-state index contributed by atoms with van der Waals surface area (Å²) in [5, 5.41) is 193. The third-order valence-corrected chi connectivity index (χ3v) is 21.6. The zero-order valence-electron chi connectivity index (χ0n) is 48.8. The Bertz CT molecular complexity index is 2250. The summed E-state index contributed by atoms with van der Waals surface area (Å²) in [5.74, 6) is 2.43. The van der Waals surface area contributed by atoms with E-state index >= 15 is 0 Å². The van der Waals surface area contributed by atoms with Crippen molar-refractivity contribution in [3.05, 3.63) is 11.3 Å². The fourth-order valence-corrected chi connectivity index (χ4v) is 16.7. The number of allylic oxidation sites excluding steroid dienone is 1. The van der Waals surface area contributed by atoms with Crippen LogP contribution in [-0.4, -0.2) is 303 Å². The quantitative estimate of drug-likeness (QED) is 0.0535. The second kappa shape index (κ2) is 27.2. The zero-order chi connectivity index (χ0) is 62.2. The van der Waals surface area contributed by atoms with Crippen molar-refractivity contribution in [2.75, 3.05) is 39.6 Å². The van der Waals surface area contributed by atoms with E-state index in [2.05, 4.69) is 20.8 Å². The van der Waals surface area contributed by atoms with Crippen molar-refractivity contribution in [1.82, 2.24) is 0 Å². The van der Waals surface area contributed by atoms with Gasteiger partial charge in [-0.1, -0.05) is 20.8 Å². The normalized spacial score (nSPS) is 53.5. The van der Waals surface area contributed by atoms with Crippen LogP contribution in [-0.2, 0) is 52.1 Å². The number of hydrogen-bond acceptors (Lipinski definition) is 29. The van der Waals surface area contributed by atoms with Gasteiger partial charge in [0.2, 0.25) is 0 Å². The van der Waals surface area contributed by atoms with Crippen LogP contribution in [0.25, 0.3) is 0 Å². The highest BCUT2D eigenvalue weighted by Gasteiger charge is 2.66. The van der Waals surface area contributed by atoms with Gasteiger partial charge < -0.3 is 144 Å². The molecule has 0 spiro atoms. The molecule has 0 aromatic carbocycles. The molecule has 18 N–H and O–H groups in total. The van der Waals surface area contributed by atoms with Crippen LogP contribution in [0, 0.1) is 46.3 Å². The molecule has 10 aliphatic rings. The summed E-state index contributed by atoms with van der Waals surface area (Å²) >= 11 is 0. The smallest absolute Gasteiger partial charge is 0.187 e. The van der Waals surface area contributed by atoms with E-state index in [1.165, 1.54) is 5.57 Å². The van der Waals surface area contributed by atoms with Crippen molar-refractivity contribution < 1.29 is 144 Å². The maximum absolute atomic E-state index is 12.0. The average Bonchev–Trinajstić information content (AvgIpc) is 1.46. The Kier molecular flexibility index (Phi) is 21.3. The molecule has 0 aromatic rings. The van der Waals surface area contributed by atoms with E-state index in [-0.39, 0.29) is 41.3 Å². The van der Waals surface area contributed by atoms with Gasteiger partial charge in [-0.05, 0) is 104 Å². The highest BCUT2D eigenvalue weighted by Crippen LogP contribution is 2.70. The highest BCUT2D eigenvalue weighted by atomic mass is 16.8. The fourth-order valence-electron chi connectivity index (χ4n) is 16.7. The van der Waals surface area contributed by atoms with Crippen LogP contribution in [0.2, 0.25) is 0 Å². The summed E-state index contributed by atoms with van der Waals surface area (Å²) in [5.41, 5.74) is 0.982. The maximum atomic E-state index is 12.0. The number of fused-ring (bicyclic) bond motifs is 7. The van der Waals surface area contributed by atoms with Crippen LogP contribution < -0.4 is 0 Å². The molecule has 496 valence electrons. The second-order valence-corrected chi connectivity index (χ2v) is 26.7. The number of rotatable bonds is 19. The second-order valence-electron chi connectivity index (χ2n) is 26.7. The lowest BCUT2D eigenvalue weighted by molar-refractivity contribution is -0.407.